The van der Waals surface area contributed by atoms with Crippen molar-refractivity contribution in [3.8, 4) is 11.9 Å². The molecule has 2 aromatic rings. The van der Waals surface area contributed by atoms with Crippen LogP contribution < -0.4 is 26.0 Å². The van der Waals surface area contributed by atoms with E-state index < -0.39 is 11.5 Å². The SMILES string of the molecule is C=C[C@H](Oc1nc(C(=O)C2=C(N)[C@@]3(CCC2)CCCc2sc(N)c(C#N)c23)nc2c1N(C)C(=O)CN2[C@@H]1CCOC1)[C@@H]1CCCN1C. The monoisotopic (exact) mass is 658 g/mol. The second-order valence-electron chi connectivity index (χ2n) is 13.4. The molecule has 13 heteroatoms. The van der Waals surface area contributed by atoms with Crippen LogP contribution in [-0.4, -0.2) is 85.1 Å². The van der Waals surface area contributed by atoms with E-state index in [-0.39, 0.29) is 42.0 Å². The summed E-state index contributed by atoms with van der Waals surface area (Å²) in [5.41, 5.74) is 15.5. The molecule has 0 unspecified atom stereocenters. The number of nitrogens with two attached hydrogens (primary N) is 2. The molecule has 2 fully saturated rings. The van der Waals surface area contributed by atoms with Crippen molar-refractivity contribution in [1.29, 1.82) is 5.26 Å². The number of anilines is 3. The molecule has 7 rings (SSSR count). The molecule has 2 aliphatic carbocycles. The number of hydrogen-bond acceptors (Lipinski definition) is 12. The summed E-state index contributed by atoms with van der Waals surface area (Å²) in [6.07, 6.45) is 8.46. The highest BCUT2D eigenvalue weighted by molar-refractivity contribution is 7.16. The summed E-state index contributed by atoms with van der Waals surface area (Å²) < 4.78 is 12.3. The maximum atomic E-state index is 14.6. The van der Waals surface area contributed by atoms with Gasteiger partial charge in [-0.2, -0.15) is 10.2 Å². The lowest BCUT2D eigenvalue weighted by molar-refractivity contribution is -0.117. The number of carbonyl (C=O) groups excluding carboxylic acids is 2. The van der Waals surface area contributed by atoms with Crippen LogP contribution in [-0.2, 0) is 21.4 Å². The number of hydrogen-bond donors (Lipinski definition) is 2. The molecule has 4 atom stereocenters. The molecule has 2 aromatic heterocycles. The third kappa shape index (κ3) is 5.08. The van der Waals surface area contributed by atoms with Crippen molar-refractivity contribution in [3.05, 3.63) is 45.8 Å². The Bertz CT molecular complexity index is 1710. The van der Waals surface area contributed by atoms with Crippen molar-refractivity contribution in [3.63, 3.8) is 0 Å². The first-order valence-corrected chi connectivity index (χ1v) is 17.4. The van der Waals surface area contributed by atoms with Crippen LogP contribution in [0.25, 0.3) is 0 Å². The number of rotatable bonds is 7. The summed E-state index contributed by atoms with van der Waals surface area (Å²) in [6.45, 7) is 6.14. The predicted molar refractivity (Wildman–Crippen MR) is 180 cm³/mol. The van der Waals surface area contributed by atoms with Crippen molar-refractivity contribution >= 4 is 39.5 Å². The summed E-state index contributed by atoms with van der Waals surface area (Å²) in [6, 6.07) is 2.32. The van der Waals surface area contributed by atoms with Gasteiger partial charge in [-0.1, -0.05) is 6.58 Å². The molecule has 4 N–H and O–H groups in total. The molecule has 3 aliphatic heterocycles. The number of thiophene rings is 1. The molecule has 5 aliphatic rings. The van der Waals surface area contributed by atoms with Crippen LogP contribution in [0.3, 0.4) is 0 Å². The highest BCUT2D eigenvalue weighted by Gasteiger charge is 2.47. The largest absolute Gasteiger partial charge is 0.467 e. The molecule has 0 bridgehead atoms. The first-order chi connectivity index (χ1) is 22.7. The average molecular weight is 659 g/mol. The van der Waals surface area contributed by atoms with E-state index in [1.54, 1.807) is 13.1 Å². The zero-order valence-corrected chi connectivity index (χ0v) is 27.9. The van der Waals surface area contributed by atoms with Crippen molar-refractivity contribution < 1.29 is 19.1 Å². The number of carbonyl (C=O) groups is 2. The predicted octanol–water partition coefficient (Wildman–Crippen LogP) is 3.44. The summed E-state index contributed by atoms with van der Waals surface area (Å²) in [4.78, 5) is 44.4. The number of ether oxygens (including phenoxy) is 2. The van der Waals surface area contributed by atoms with E-state index in [1.807, 2.05) is 4.90 Å². The minimum absolute atomic E-state index is 0.0237. The number of likely N-dealkylation sites (N-methyl/N-ethyl adjacent to an activating group) is 2. The topological polar surface area (TPSA) is 164 Å². The second kappa shape index (κ2) is 12.2. The zero-order chi connectivity index (χ0) is 33.0. The Balaban J connectivity index is 1.36. The number of aromatic nitrogens is 2. The van der Waals surface area contributed by atoms with Crippen molar-refractivity contribution in [1.82, 2.24) is 14.9 Å². The number of fused-ring (bicyclic) bond motifs is 3. The fourth-order valence-electron chi connectivity index (χ4n) is 8.37. The van der Waals surface area contributed by atoms with Gasteiger partial charge >= 0.3 is 0 Å². The van der Waals surface area contributed by atoms with E-state index in [4.69, 9.17) is 30.9 Å². The van der Waals surface area contributed by atoms with Gasteiger partial charge in [-0.25, -0.2) is 4.98 Å². The Morgan fingerprint density at radius 1 is 1.21 bits per heavy atom. The van der Waals surface area contributed by atoms with E-state index in [0.717, 1.165) is 68.4 Å². The molecule has 0 radical (unpaired) electrons. The lowest BCUT2D eigenvalue weighted by atomic mass is 9.62. The Labute approximate surface area is 279 Å². The number of allylic oxidation sites excluding steroid dienone is 2. The number of likely N-dealkylation sites (tertiary alicyclic amines) is 1. The number of nitrogens with zero attached hydrogens (tertiary/aromatic N) is 6. The van der Waals surface area contributed by atoms with Gasteiger partial charge in [0.2, 0.25) is 23.4 Å². The van der Waals surface area contributed by atoms with Gasteiger partial charge in [-0.15, -0.1) is 11.3 Å². The van der Waals surface area contributed by atoms with Crippen LogP contribution in [0.15, 0.2) is 23.9 Å². The standard InChI is InChI=1S/C34H42N8O4S/c1-4-23(22-9-7-14-40(22)2)46-33-27-32(42(17-25(43)41(27)3)19-11-15-45-18-19)38-31(39-33)28(44)20-8-5-12-34(29(20)36)13-6-10-24-26(34)21(16-35)30(37)47-24/h4,19,22-23H,1,5-15,17-18,36-37H2,2-3H3/t19-,22+,23+,34+/m1/s1. The average Bonchev–Trinajstić information content (AvgIpc) is 3.83. The molecular formula is C34H42N8O4S. The minimum Gasteiger partial charge on any atom is -0.467 e. The van der Waals surface area contributed by atoms with Crippen molar-refractivity contribution in [2.45, 2.75) is 81.4 Å². The second-order valence-corrected chi connectivity index (χ2v) is 14.5. The van der Waals surface area contributed by atoms with Gasteiger partial charge in [0.05, 0.1) is 30.8 Å². The molecule has 47 heavy (non-hydrogen) atoms. The maximum Gasteiger partial charge on any atom is 0.246 e. The van der Waals surface area contributed by atoms with Crippen LogP contribution in [0.4, 0.5) is 16.5 Å². The third-order valence-electron chi connectivity index (χ3n) is 10.9. The lowest BCUT2D eigenvalue weighted by Gasteiger charge is -2.42. The highest BCUT2D eigenvalue weighted by Crippen LogP contribution is 2.53. The molecule has 5 heterocycles. The quantitative estimate of drug-likeness (QED) is 0.331. The van der Waals surface area contributed by atoms with Crippen molar-refractivity contribution in [2.75, 3.05) is 55.9 Å². The van der Waals surface area contributed by atoms with Crippen LogP contribution >= 0.6 is 11.3 Å². The molecule has 0 saturated carbocycles. The minimum atomic E-state index is -0.635. The van der Waals surface area contributed by atoms with Crippen LogP contribution in [0.2, 0.25) is 0 Å². The van der Waals surface area contributed by atoms with Gasteiger partial charge < -0.3 is 30.7 Å². The maximum absolute atomic E-state index is 14.6. The number of ketones is 1. The van der Waals surface area contributed by atoms with Gasteiger partial charge in [0.25, 0.3) is 0 Å². The van der Waals surface area contributed by atoms with E-state index in [0.29, 0.717) is 53.0 Å². The molecular weight excluding hydrogens is 616 g/mol. The van der Waals surface area contributed by atoms with Gasteiger partial charge in [0.15, 0.2) is 5.82 Å². The first-order valence-electron chi connectivity index (χ1n) is 16.6. The summed E-state index contributed by atoms with van der Waals surface area (Å²) in [7, 11) is 3.75. The molecule has 0 aromatic carbocycles. The van der Waals surface area contributed by atoms with E-state index in [1.165, 1.54) is 16.2 Å². The normalized spacial score (nSPS) is 26.7. The number of Topliss-reactive ketones (excluding diaryl/α,β-unsaturated/α-hetero) is 1. The van der Waals surface area contributed by atoms with Gasteiger partial charge in [-0.05, 0) is 83.0 Å². The Kier molecular flexibility index (Phi) is 8.22. The summed E-state index contributed by atoms with van der Waals surface area (Å²) in [5, 5.41) is 10.6. The van der Waals surface area contributed by atoms with Crippen LogP contribution in [0.5, 0.6) is 5.88 Å². The van der Waals surface area contributed by atoms with Gasteiger partial charge in [0.1, 0.15) is 22.9 Å². The molecule has 1 amide bonds. The number of aryl methyl sites for hydroxylation is 1. The summed E-state index contributed by atoms with van der Waals surface area (Å²) in [5.74, 6) is 0.135. The van der Waals surface area contributed by atoms with Gasteiger partial charge in [0, 0.05) is 35.2 Å². The molecule has 1 spiro atoms. The molecule has 12 nitrogen and oxygen atoms in total. The fourth-order valence-corrected chi connectivity index (χ4v) is 9.53. The van der Waals surface area contributed by atoms with E-state index >= 15 is 0 Å². The van der Waals surface area contributed by atoms with E-state index in [9.17, 15) is 14.9 Å². The smallest absolute Gasteiger partial charge is 0.246 e. The van der Waals surface area contributed by atoms with Crippen molar-refractivity contribution in [2.24, 2.45) is 5.73 Å². The fraction of sp³-hybridized carbons (Fsp3) is 0.559. The molecule has 248 valence electrons. The Morgan fingerprint density at radius 2 is 2.00 bits per heavy atom. The van der Waals surface area contributed by atoms with Crippen LogP contribution in [0.1, 0.15) is 78.0 Å². The van der Waals surface area contributed by atoms with Crippen LogP contribution in [0, 0.1) is 11.3 Å². The number of nitriles is 1. The Hall–Kier alpha value is -3.99. The number of amides is 1. The first kappa shape index (κ1) is 31.6. The lowest BCUT2D eigenvalue weighted by Crippen LogP contribution is -2.50. The van der Waals surface area contributed by atoms with E-state index in [2.05, 4.69) is 24.6 Å². The summed E-state index contributed by atoms with van der Waals surface area (Å²) >= 11 is 1.46. The molecule has 2 saturated heterocycles. The highest BCUT2D eigenvalue weighted by atomic mass is 32.1. The Morgan fingerprint density at radius 3 is 2.68 bits per heavy atom. The third-order valence-corrected chi connectivity index (χ3v) is 11.9. The zero-order valence-electron chi connectivity index (χ0n) is 27.1. The number of nitrogen functional groups attached to an aromatic ring is 1. The van der Waals surface area contributed by atoms with Gasteiger partial charge in [-0.3, -0.25) is 14.5 Å².